The second-order valence-corrected chi connectivity index (χ2v) is 3.86. The van der Waals surface area contributed by atoms with Crippen molar-refractivity contribution in [3.8, 4) is 0 Å². The highest BCUT2D eigenvalue weighted by Crippen LogP contribution is 2.17. The van der Waals surface area contributed by atoms with E-state index in [9.17, 15) is 0 Å². The number of hydrogen-bond acceptors (Lipinski definition) is 1. The number of para-hydroxylation sites is 1. The Morgan fingerprint density at radius 2 is 1.94 bits per heavy atom. The van der Waals surface area contributed by atoms with E-state index in [1.165, 1.54) is 22.9 Å². The zero-order valence-electron chi connectivity index (χ0n) is 10.6. The van der Waals surface area contributed by atoms with Gasteiger partial charge < -0.3 is 10.3 Å². The van der Waals surface area contributed by atoms with Crippen molar-refractivity contribution in [3.05, 3.63) is 49.2 Å². The van der Waals surface area contributed by atoms with E-state index >= 15 is 0 Å². The third kappa shape index (κ3) is 3.75. The molecule has 0 aliphatic carbocycles. The third-order valence-corrected chi connectivity index (χ3v) is 2.67. The molecule has 0 saturated heterocycles. The Bertz CT molecular complexity index is 431. The van der Waals surface area contributed by atoms with Gasteiger partial charge in [0.15, 0.2) is 0 Å². The molecule has 0 amide bonds. The molecule has 92 valence electrons. The van der Waals surface area contributed by atoms with E-state index in [-0.39, 0.29) is 0 Å². The predicted molar refractivity (Wildman–Crippen MR) is 76.4 cm³/mol. The zero-order chi connectivity index (χ0) is 12.5. The summed E-state index contributed by atoms with van der Waals surface area (Å²) in [6, 6.07) is 8.47. The monoisotopic (exact) mass is 230 g/mol. The standard InChI is InChI=1S/C13H18N2.C2H4/c1-2-8-14-9-7-11-10-15-13-6-4-3-5-12(11)13;1-2/h3-6,10,14-15H,2,7-9H2,1H3;1-2H2. The van der Waals surface area contributed by atoms with Gasteiger partial charge in [-0.25, -0.2) is 0 Å². The van der Waals surface area contributed by atoms with Crippen molar-refractivity contribution >= 4 is 10.9 Å². The molecule has 2 nitrogen and oxygen atoms in total. The number of H-pyrrole nitrogens is 1. The number of nitrogens with one attached hydrogen (secondary N) is 2. The van der Waals surface area contributed by atoms with Gasteiger partial charge in [0.1, 0.15) is 0 Å². The van der Waals surface area contributed by atoms with Gasteiger partial charge in [0, 0.05) is 17.1 Å². The molecule has 2 aromatic rings. The smallest absolute Gasteiger partial charge is 0.0456 e. The van der Waals surface area contributed by atoms with Gasteiger partial charge in [0.05, 0.1) is 0 Å². The van der Waals surface area contributed by atoms with E-state index in [1.807, 2.05) is 0 Å². The normalized spacial score (nSPS) is 9.94. The van der Waals surface area contributed by atoms with Crippen LogP contribution in [0.25, 0.3) is 10.9 Å². The largest absolute Gasteiger partial charge is 0.361 e. The maximum Gasteiger partial charge on any atom is 0.0456 e. The van der Waals surface area contributed by atoms with Crippen LogP contribution in [0.3, 0.4) is 0 Å². The van der Waals surface area contributed by atoms with Crippen LogP contribution in [0.2, 0.25) is 0 Å². The fourth-order valence-electron chi connectivity index (χ4n) is 1.86. The topological polar surface area (TPSA) is 27.8 Å². The van der Waals surface area contributed by atoms with Gasteiger partial charge in [-0.15, -0.1) is 13.2 Å². The molecule has 1 heterocycles. The van der Waals surface area contributed by atoms with Crippen molar-refractivity contribution in [3.63, 3.8) is 0 Å². The van der Waals surface area contributed by atoms with Crippen LogP contribution >= 0.6 is 0 Å². The van der Waals surface area contributed by atoms with E-state index in [1.54, 1.807) is 0 Å². The van der Waals surface area contributed by atoms with E-state index in [0.29, 0.717) is 0 Å². The Labute approximate surface area is 104 Å². The highest BCUT2D eigenvalue weighted by molar-refractivity contribution is 5.83. The Morgan fingerprint density at radius 3 is 2.71 bits per heavy atom. The molecule has 0 aliphatic rings. The molecule has 0 fully saturated rings. The fraction of sp³-hybridized carbons (Fsp3) is 0.333. The molecule has 0 saturated carbocycles. The van der Waals surface area contributed by atoms with Gasteiger partial charge in [0.25, 0.3) is 0 Å². The Hall–Kier alpha value is -1.54. The molecular weight excluding hydrogens is 208 g/mol. The Balaban J connectivity index is 0.000000686. The zero-order valence-corrected chi connectivity index (χ0v) is 10.6. The van der Waals surface area contributed by atoms with Gasteiger partial charge in [0.2, 0.25) is 0 Å². The summed E-state index contributed by atoms with van der Waals surface area (Å²) < 4.78 is 0. The third-order valence-electron chi connectivity index (χ3n) is 2.67. The number of fused-ring (bicyclic) bond motifs is 1. The summed E-state index contributed by atoms with van der Waals surface area (Å²) in [5, 5.41) is 4.78. The predicted octanol–water partition coefficient (Wildman–Crippen LogP) is 3.51. The molecule has 1 aromatic carbocycles. The first-order valence-corrected chi connectivity index (χ1v) is 6.17. The summed E-state index contributed by atoms with van der Waals surface area (Å²) in [7, 11) is 0. The average Bonchev–Trinajstić information content (AvgIpc) is 2.81. The molecule has 0 aliphatic heterocycles. The van der Waals surface area contributed by atoms with Gasteiger partial charge in [-0.05, 0) is 37.6 Å². The summed E-state index contributed by atoms with van der Waals surface area (Å²) >= 11 is 0. The first-order chi connectivity index (χ1) is 8.42. The quantitative estimate of drug-likeness (QED) is 0.597. The molecule has 2 heteroatoms. The van der Waals surface area contributed by atoms with Gasteiger partial charge in [-0.2, -0.15) is 0 Å². The molecular formula is C15H22N2. The average molecular weight is 230 g/mol. The van der Waals surface area contributed by atoms with Gasteiger partial charge >= 0.3 is 0 Å². The molecule has 0 bridgehead atoms. The molecule has 2 rings (SSSR count). The SMILES string of the molecule is C=C.CCCNCCc1c[nH]c2ccccc12. The number of benzene rings is 1. The van der Waals surface area contributed by atoms with Crippen LogP contribution in [0.15, 0.2) is 43.6 Å². The molecule has 0 atom stereocenters. The second kappa shape index (κ2) is 7.69. The van der Waals surface area contributed by atoms with Crippen LogP contribution in [0.5, 0.6) is 0 Å². The number of hydrogen-bond donors (Lipinski definition) is 2. The highest BCUT2D eigenvalue weighted by Gasteiger charge is 2.01. The van der Waals surface area contributed by atoms with Gasteiger partial charge in [-0.1, -0.05) is 25.1 Å². The fourth-order valence-corrected chi connectivity index (χ4v) is 1.86. The molecule has 0 spiro atoms. The van der Waals surface area contributed by atoms with Crippen LogP contribution in [0, 0.1) is 0 Å². The number of aromatic nitrogens is 1. The van der Waals surface area contributed by atoms with Gasteiger partial charge in [-0.3, -0.25) is 0 Å². The summed E-state index contributed by atoms with van der Waals surface area (Å²) in [6.45, 7) is 10.4. The Morgan fingerprint density at radius 1 is 1.18 bits per heavy atom. The Kier molecular flexibility index (Phi) is 6.12. The number of rotatable bonds is 5. The highest BCUT2D eigenvalue weighted by atomic mass is 14.8. The molecule has 0 unspecified atom stereocenters. The first kappa shape index (κ1) is 13.5. The number of aromatic amines is 1. The van der Waals surface area contributed by atoms with Crippen LogP contribution in [-0.2, 0) is 6.42 Å². The lowest BCUT2D eigenvalue weighted by atomic mass is 10.1. The van der Waals surface area contributed by atoms with E-state index in [0.717, 1.165) is 19.5 Å². The lowest BCUT2D eigenvalue weighted by molar-refractivity contribution is 0.672. The van der Waals surface area contributed by atoms with Crippen molar-refractivity contribution in [2.75, 3.05) is 13.1 Å². The summed E-state index contributed by atoms with van der Waals surface area (Å²) in [5.74, 6) is 0. The van der Waals surface area contributed by atoms with Crippen LogP contribution < -0.4 is 5.32 Å². The second-order valence-electron chi connectivity index (χ2n) is 3.86. The van der Waals surface area contributed by atoms with Crippen molar-refractivity contribution < 1.29 is 0 Å². The maximum atomic E-state index is 3.42. The summed E-state index contributed by atoms with van der Waals surface area (Å²) in [6.07, 6.45) is 4.43. The van der Waals surface area contributed by atoms with Crippen LogP contribution in [-0.4, -0.2) is 18.1 Å². The lowest BCUT2D eigenvalue weighted by Crippen LogP contribution is -2.17. The summed E-state index contributed by atoms with van der Waals surface area (Å²) in [4.78, 5) is 3.30. The molecule has 17 heavy (non-hydrogen) atoms. The van der Waals surface area contributed by atoms with Crippen molar-refractivity contribution in [1.82, 2.24) is 10.3 Å². The van der Waals surface area contributed by atoms with Crippen molar-refractivity contribution in [2.24, 2.45) is 0 Å². The van der Waals surface area contributed by atoms with E-state index < -0.39 is 0 Å². The summed E-state index contributed by atoms with van der Waals surface area (Å²) in [5.41, 5.74) is 2.65. The van der Waals surface area contributed by atoms with E-state index in [4.69, 9.17) is 0 Å². The first-order valence-electron chi connectivity index (χ1n) is 6.17. The minimum Gasteiger partial charge on any atom is -0.361 e. The van der Waals surface area contributed by atoms with Crippen molar-refractivity contribution in [2.45, 2.75) is 19.8 Å². The molecule has 0 radical (unpaired) electrons. The molecule has 2 N–H and O–H groups in total. The maximum absolute atomic E-state index is 3.42. The van der Waals surface area contributed by atoms with Crippen LogP contribution in [0.1, 0.15) is 18.9 Å². The lowest BCUT2D eigenvalue weighted by Gasteiger charge is -2.01. The van der Waals surface area contributed by atoms with Crippen molar-refractivity contribution in [1.29, 1.82) is 0 Å². The van der Waals surface area contributed by atoms with Crippen LogP contribution in [0.4, 0.5) is 0 Å². The van der Waals surface area contributed by atoms with E-state index in [2.05, 4.69) is 60.8 Å². The molecule has 1 aromatic heterocycles. The minimum absolute atomic E-state index is 1.07. The minimum atomic E-state index is 1.07.